The Labute approximate surface area is 187 Å². The predicted octanol–water partition coefficient (Wildman–Crippen LogP) is 4.12. The quantitative estimate of drug-likeness (QED) is 0.497. The fourth-order valence-electron chi connectivity index (χ4n) is 3.88. The summed E-state index contributed by atoms with van der Waals surface area (Å²) in [5.74, 6) is 1.47. The van der Waals surface area contributed by atoms with Crippen LogP contribution in [-0.2, 0) is 4.79 Å². The van der Waals surface area contributed by atoms with Crippen LogP contribution in [-0.4, -0.2) is 47.9 Å². The molecule has 2 heterocycles. The van der Waals surface area contributed by atoms with Crippen LogP contribution < -0.4 is 15.4 Å². The molecule has 1 aliphatic heterocycles. The molecule has 0 saturated carbocycles. The van der Waals surface area contributed by atoms with Crippen LogP contribution in [0.25, 0.3) is 10.9 Å². The van der Waals surface area contributed by atoms with Gasteiger partial charge in [-0.2, -0.15) is 0 Å². The molecule has 1 fully saturated rings. The highest BCUT2D eigenvalue weighted by atomic mass is 16.5. The first-order valence-electron chi connectivity index (χ1n) is 11.1. The molecule has 7 heteroatoms. The van der Waals surface area contributed by atoms with Crippen molar-refractivity contribution in [3.05, 3.63) is 60.2 Å². The maximum absolute atomic E-state index is 13.0. The number of anilines is 2. The summed E-state index contributed by atoms with van der Waals surface area (Å²) in [4.78, 5) is 31.2. The van der Waals surface area contributed by atoms with E-state index in [0.29, 0.717) is 37.5 Å². The molecule has 0 aliphatic carbocycles. The molecule has 1 saturated heterocycles. The summed E-state index contributed by atoms with van der Waals surface area (Å²) in [6, 6.07) is 17.0. The minimum atomic E-state index is -0.147. The van der Waals surface area contributed by atoms with Crippen molar-refractivity contribution in [3.8, 4) is 5.75 Å². The van der Waals surface area contributed by atoms with E-state index in [1.54, 1.807) is 6.07 Å². The SMILES string of the molecule is CCOc1ccc(Nc2cc(C(=O)NCCCN3CCCC3=O)c3ccccc3n2)cc1. The second-order valence-electron chi connectivity index (χ2n) is 7.75. The largest absolute Gasteiger partial charge is 0.494 e. The number of ether oxygens (including phenoxy) is 1. The maximum Gasteiger partial charge on any atom is 0.252 e. The van der Waals surface area contributed by atoms with Crippen LogP contribution in [0.5, 0.6) is 5.75 Å². The molecule has 4 rings (SSSR count). The van der Waals surface area contributed by atoms with Crippen molar-refractivity contribution in [2.24, 2.45) is 0 Å². The summed E-state index contributed by atoms with van der Waals surface area (Å²) in [6.07, 6.45) is 2.30. The van der Waals surface area contributed by atoms with Gasteiger partial charge in [0.2, 0.25) is 5.91 Å². The zero-order valence-corrected chi connectivity index (χ0v) is 18.3. The lowest BCUT2D eigenvalue weighted by Gasteiger charge is -2.16. The van der Waals surface area contributed by atoms with E-state index in [-0.39, 0.29) is 11.8 Å². The Morgan fingerprint density at radius 1 is 1.16 bits per heavy atom. The molecule has 7 nitrogen and oxygen atoms in total. The van der Waals surface area contributed by atoms with Gasteiger partial charge in [0, 0.05) is 37.1 Å². The van der Waals surface area contributed by atoms with Crippen molar-refractivity contribution in [1.29, 1.82) is 0 Å². The minimum absolute atomic E-state index is 0.147. The number of likely N-dealkylation sites (tertiary alicyclic amines) is 1. The Morgan fingerprint density at radius 2 is 1.97 bits per heavy atom. The fraction of sp³-hybridized carbons (Fsp3) is 0.320. The number of carbonyl (C=O) groups is 2. The summed E-state index contributed by atoms with van der Waals surface area (Å²) >= 11 is 0. The van der Waals surface area contributed by atoms with Gasteiger partial charge in [-0.25, -0.2) is 4.98 Å². The van der Waals surface area contributed by atoms with E-state index in [1.165, 1.54) is 0 Å². The topological polar surface area (TPSA) is 83.6 Å². The van der Waals surface area contributed by atoms with Crippen LogP contribution >= 0.6 is 0 Å². The molecule has 0 radical (unpaired) electrons. The second kappa shape index (κ2) is 10.1. The molecule has 0 bridgehead atoms. The molecule has 2 N–H and O–H groups in total. The van der Waals surface area contributed by atoms with E-state index < -0.39 is 0 Å². The van der Waals surface area contributed by atoms with E-state index in [1.807, 2.05) is 60.4 Å². The number of amides is 2. The molecule has 0 unspecified atom stereocenters. The molecule has 0 atom stereocenters. The smallest absolute Gasteiger partial charge is 0.252 e. The van der Waals surface area contributed by atoms with Crippen molar-refractivity contribution in [3.63, 3.8) is 0 Å². The third kappa shape index (κ3) is 5.17. The lowest BCUT2D eigenvalue weighted by molar-refractivity contribution is -0.127. The van der Waals surface area contributed by atoms with Crippen molar-refractivity contribution in [1.82, 2.24) is 15.2 Å². The Hall–Kier alpha value is -3.61. The van der Waals surface area contributed by atoms with Crippen LogP contribution in [0.3, 0.4) is 0 Å². The zero-order chi connectivity index (χ0) is 22.3. The first-order chi connectivity index (χ1) is 15.6. The number of benzene rings is 2. The maximum atomic E-state index is 13.0. The summed E-state index contributed by atoms with van der Waals surface area (Å²) in [5.41, 5.74) is 2.18. The molecule has 2 amide bonds. The van der Waals surface area contributed by atoms with Gasteiger partial charge in [-0.1, -0.05) is 18.2 Å². The van der Waals surface area contributed by atoms with Crippen LogP contribution in [0.1, 0.15) is 36.5 Å². The Kier molecular flexibility index (Phi) is 6.84. The molecule has 166 valence electrons. The lowest BCUT2D eigenvalue weighted by Crippen LogP contribution is -2.30. The van der Waals surface area contributed by atoms with Crippen molar-refractivity contribution in [2.75, 3.05) is 31.6 Å². The number of fused-ring (bicyclic) bond motifs is 1. The molecule has 3 aromatic rings. The van der Waals surface area contributed by atoms with Crippen molar-refractivity contribution >= 4 is 34.2 Å². The summed E-state index contributed by atoms with van der Waals surface area (Å²) in [5, 5.41) is 7.08. The molecule has 32 heavy (non-hydrogen) atoms. The van der Waals surface area contributed by atoms with Gasteiger partial charge in [-0.3, -0.25) is 9.59 Å². The highest BCUT2D eigenvalue weighted by Gasteiger charge is 2.19. The molecule has 0 spiro atoms. The number of rotatable bonds is 9. The normalized spacial score (nSPS) is 13.4. The number of nitrogens with zero attached hydrogens (tertiary/aromatic N) is 2. The second-order valence-corrected chi connectivity index (χ2v) is 7.75. The first-order valence-corrected chi connectivity index (χ1v) is 11.1. The summed E-state index contributed by atoms with van der Waals surface area (Å²) in [6.45, 7) is 4.58. The number of pyridine rings is 1. The Bertz CT molecular complexity index is 1100. The van der Waals surface area contributed by atoms with Gasteiger partial charge >= 0.3 is 0 Å². The predicted molar refractivity (Wildman–Crippen MR) is 125 cm³/mol. The van der Waals surface area contributed by atoms with E-state index in [4.69, 9.17) is 4.74 Å². The number of hydrogen-bond acceptors (Lipinski definition) is 5. The van der Waals surface area contributed by atoms with Gasteiger partial charge in [0.15, 0.2) is 0 Å². The monoisotopic (exact) mass is 432 g/mol. The molecular weight excluding hydrogens is 404 g/mol. The van der Waals surface area contributed by atoms with Gasteiger partial charge in [0.05, 0.1) is 17.7 Å². The highest BCUT2D eigenvalue weighted by molar-refractivity contribution is 6.07. The highest BCUT2D eigenvalue weighted by Crippen LogP contribution is 2.24. The fourth-order valence-corrected chi connectivity index (χ4v) is 3.88. The number of para-hydroxylation sites is 1. The van der Waals surface area contributed by atoms with Crippen LogP contribution in [0.4, 0.5) is 11.5 Å². The molecule has 1 aromatic heterocycles. The van der Waals surface area contributed by atoms with Gasteiger partial charge in [0.1, 0.15) is 11.6 Å². The minimum Gasteiger partial charge on any atom is -0.494 e. The standard InChI is InChI=1S/C25H28N4O3/c1-2-32-19-12-10-18(11-13-19)27-23-17-21(20-7-3-4-8-22(20)28-23)25(31)26-14-6-16-29-15-5-9-24(29)30/h3-4,7-8,10-13,17H,2,5-6,9,14-16H2,1H3,(H,26,31)(H,27,28). The number of carbonyl (C=O) groups excluding carboxylic acids is 2. The average molecular weight is 433 g/mol. The summed E-state index contributed by atoms with van der Waals surface area (Å²) < 4.78 is 5.49. The third-order valence-electron chi connectivity index (χ3n) is 5.46. The first kappa shape index (κ1) is 21.6. The number of hydrogen-bond donors (Lipinski definition) is 2. The van der Waals surface area contributed by atoms with E-state index in [0.717, 1.165) is 41.7 Å². The average Bonchev–Trinajstić information content (AvgIpc) is 3.22. The Morgan fingerprint density at radius 3 is 2.72 bits per heavy atom. The van der Waals surface area contributed by atoms with Gasteiger partial charge < -0.3 is 20.3 Å². The Balaban J connectivity index is 1.46. The van der Waals surface area contributed by atoms with Crippen LogP contribution in [0, 0.1) is 0 Å². The summed E-state index contributed by atoms with van der Waals surface area (Å²) in [7, 11) is 0. The zero-order valence-electron chi connectivity index (χ0n) is 18.3. The van der Waals surface area contributed by atoms with Crippen molar-refractivity contribution < 1.29 is 14.3 Å². The van der Waals surface area contributed by atoms with Gasteiger partial charge in [0.25, 0.3) is 5.91 Å². The van der Waals surface area contributed by atoms with E-state index in [9.17, 15) is 9.59 Å². The molecular formula is C25H28N4O3. The number of aromatic nitrogens is 1. The van der Waals surface area contributed by atoms with Crippen molar-refractivity contribution in [2.45, 2.75) is 26.2 Å². The van der Waals surface area contributed by atoms with Crippen LogP contribution in [0.2, 0.25) is 0 Å². The van der Waals surface area contributed by atoms with E-state index in [2.05, 4.69) is 15.6 Å². The number of nitrogens with one attached hydrogen (secondary N) is 2. The lowest BCUT2D eigenvalue weighted by atomic mass is 10.1. The molecule has 1 aliphatic rings. The third-order valence-corrected chi connectivity index (χ3v) is 5.46. The van der Waals surface area contributed by atoms with Gasteiger partial charge in [-0.15, -0.1) is 0 Å². The van der Waals surface area contributed by atoms with E-state index >= 15 is 0 Å². The molecule has 2 aromatic carbocycles. The van der Waals surface area contributed by atoms with Crippen LogP contribution in [0.15, 0.2) is 54.6 Å². The van der Waals surface area contributed by atoms with Gasteiger partial charge in [-0.05, 0) is 56.2 Å².